The number of carbonyl (C=O) groups is 2. The Morgan fingerprint density at radius 1 is 1.22 bits per heavy atom. The third-order valence-corrected chi connectivity index (χ3v) is 5.18. The average Bonchev–Trinajstić information content (AvgIpc) is 3.17. The summed E-state index contributed by atoms with van der Waals surface area (Å²) in [5.41, 5.74) is -0.561. The van der Waals surface area contributed by atoms with Crippen LogP contribution < -0.4 is 5.32 Å². The van der Waals surface area contributed by atoms with E-state index in [0.717, 1.165) is 32.1 Å². The van der Waals surface area contributed by atoms with E-state index in [4.69, 9.17) is 9.63 Å². The van der Waals surface area contributed by atoms with Crippen LogP contribution in [0.5, 0.6) is 0 Å². The molecule has 3 rings (SSSR count). The fourth-order valence-corrected chi connectivity index (χ4v) is 3.84. The summed E-state index contributed by atoms with van der Waals surface area (Å²) >= 11 is 0. The first-order valence-corrected chi connectivity index (χ1v) is 8.36. The lowest BCUT2D eigenvalue weighted by Gasteiger charge is -2.36. The van der Waals surface area contributed by atoms with E-state index in [9.17, 15) is 9.59 Å². The van der Waals surface area contributed by atoms with Gasteiger partial charge in [-0.3, -0.25) is 9.59 Å². The first-order chi connectivity index (χ1) is 11.0. The number of aryl methyl sites for hydroxylation is 1. The lowest BCUT2D eigenvalue weighted by Crippen LogP contribution is -2.49. The molecule has 1 heterocycles. The molecule has 0 bridgehead atoms. The van der Waals surface area contributed by atoms with Gasteiger partial charge >= 0.3 is 5.97 Å². The Kier molecular flexibility index (Phi) is 4.37. The molecule has 1 aromatic heterocycles. The molecule has 2 aliphatic rings. The van der Waals surface area contributed by atoms with Gasteiger partial charge in [-0.1, -0.05) is 24.4 Å². The van der Waals surface area contributed by atoms with Gasteiger partial charge in [-0.15, -0.1) is 0 Å². The summed E-state index contributed by atoms with van der Waals surface area (Å²) in [7, 11) is 0. The summed E-state index contributed by atoms with van der Waals surface area (Å²) in [6, 6.07) is 0. The van der Waals surface area contributed by atoms with Crippen molar-refractivity contribution in [1.82, 2.24) is 15.5 Å². The van der Waals surface area contributed by atoms with Gasteiger partial charge in [-0.2, -0.15) is 4.98 Å². The second kappa shape index (κ2) is 6.29. The number of aliphatic carboxylic acids is 1. The molecule has 0 radical (unpaired) electrons. The molecule has 1 aromatic rings. The van der Waals surface area contributed by atoms with Crippen LogP contribution in [0.1, 0.15) is 63.1 Å². The number of aromatic nitrogens is 2. The van der Waals surface area contributed by atoms with E-state index in [0.29, 0.717) is 31.0 Å². The van der Waals surface area contributed by atoms with Crippen molar-refractivity contribution in [3.05, 3.63) is 11.7 Å². The molecule has 0 unspecified atom stereocenters. The van der Waals surface area contributed by atoms with Crippen LogP contribution in [0.15, 0.2) is 4.52 Å². The summed E-state index contributed by atoms with van der Waals surface area (Å²) in [6.07, 6.45) is 6.37. The van der Waals surface area contributed by atoms with Crippen LogP contribution >= 0.6 is 0 Å². The van der Waals surface area contributed by atoms with Crippen LogP contribution in [0.25, 0.3) is 0 Å². The molecule has 0 saturated heterocycles. The Hall–Kier alpha value is -1.92. The number of nitrogens with one attached hydrogen (secondary N) is 1. The average molecular weight is 321 g/mol. The van der Waals surface area contributed by atoms with Crippen molar-refractivity contribution >= 4 is 11.9 Å². The molecule has 7 nitrogen and oxygen atoms in total. The van der Waals surface area contributed by atoms with Crippen LogP contribution in [-0.4, -0.2) is 27.1 Å². The molecule has 2 N–H and O–H groups in total. The zero-order valence-corrected chi connectivity index (χ0v) is 13.4. The third-order valence-electron chi connectivity index (χ3n) is 5.18. The van der Waals surface area contributed by atoms with E-state index in [2.05, 4.69) is 15.5 Å². The molecule has 7 heteroatoms. The van der Waals surface area contributed by atoms with Gasteiger partial charge in [-0.05, 0) is 32.1 Å². The Balaban J connectivity index is 1.74. The minimum Gasteiger partial charge on any atom is -0.481 e. The highest BCUT2D eigenvalue weighted by atomic mass is 16.5. The second-order valence-corrected chi connectivity index (χ2v) is 6.81. The predicted octanol–water partition coefficient (Wildman–Crippen LogP) is 2.15. The molecule has 0 aliphatic heterocycles. The monoisotopic (exact) mass is 321 g/mol. The number of carboxylic acid groups (broad SMARTS) is 1. The summed E-state index contributed by atoms with van der Waals surface area (Å²) in [5.74, 6) is -0.468. The minimum absolute atomic E-state index is 0.0712. The maximum Gasteiger partial charge on any atom is 0.306 e. The summed E-state index contributed by atoms with van der Waals surface area (Å²) < 4.78 is 5.11. The van der Waals surface area contributed by atoms with E-state index in [1.807, 2.05) is 0 Å². The van der Waals surface area contributed by atoms with Crippen molar-refractivity contribution in [1.29, 1.82) is 0 Å². The Morgan fingerprint density at radius 3 is 2.48 bits per heavy atom. The fourth-order valence-electron chi connectivity index (χ4n) is 3.84. The fraction of sp³-hybridized carbons (Fsp3) is 0.750. The number of carbonyl (C=O) groups excluding carboxylic acids is 1. The second-order valence-electron chi connectivity index (χ2n) is 6.81. The molecule has 23 heavy (non-hydrogen) atoms. The Morgan fingerprint density at radius 2 is 1.91 bits per heavy atom. The number of rotatable bonds is 4. The third kappa shape index (κ3) is 3.23. The van der Waals surface area contributed by atoms with Crippen molar-refractivity contribution < 1.29 is 19.2 Å². The Bertz CT molecular complexity index is 592. The molecular weight excluding hydrogens is 298 g/mol. The zero-order chi connectivity index (χ0) is 16.4. The van der Waals surface area contributed by atoms with Crippen LogP contribution in [0.3, 0.4) is 0 Å². The number of carboxylic acids is 1. The number of hydrogen-bond donors (Lipinski definition) is 2. The van der Waals surface area contributed by atoms with Crippen molar-refractivity contribution in [2.45, 2.75) is 63.8 Å². The van der Waals surface area contributed by atoms with E-state index in [-0.39, 0.29) is 11.8 Å². The minimum atomic E-state index is -0.804. The highest BCUT2D eigenvalue weighted by Crippen LogP contribution is 2.38. The largest absolute Gasteiger partial charge is 0.481 e. The summed E-state index contributed by atoms with van der Waals surface area (Å²) in [4.78, 5) is 28.1. The summed E-state index contributed by atoms with van der Waals surface area (Å²) in [5, 5.41) is 16.3. The summed E-state index contributed by atoms with van der Waals surface area (Å²) in [6.45, 7) is 1.74. The van der Waals surface area contributed by atoms with Gasteiger partial charge in [-0.25, -0.2) is 0 Å². The highest BCUT2D eigenvalue weighted by molar-refractivity contribution is 5.81. The van der Waals surface area contributed by atoms with E-state index >= 15 is 0 Å². The molecule has 0 aromatic carbocycles. The maximum atomic E-state index is 12.7. The van der Waals surface area contributed by atoms with Crippen LogP contribution in [0.2, 0.25) is 0 Å². The molecular formula is C16H23N3O4. The maximum absolute atomic E-state index is 12.7. The topological polar surface area (TPSA) is 105 Å². The van der Waals surface area contributed by atoms with Gasteiger partial charge in [0, 0.05) is 12.8 Å². The van der Waals surface area contributed by atoms with Crippen molar-refractivity contribution in [3.63, 3.8) is 0 Å². The van der Waals surface area contributed by atoms with Crippen molar-refractivity contribution in [2.75, 3.05) is 0 Å². The lowest BCUT2D eigenvalue weighted by molar-refractivity contribution is -0.141. The van der Waals surface area contributed by atoms with E-state index < -0.39 is 17.4 Å². The number of nitrogens with zero attached hydrogens (tertiary/aromatic N) is 2. The van der Waals surface area contributed by atoms with E-state index in [1.54, 1.807) is 6.92 Å². The van der Waals surface area contributed by atoms with Crippen LogP contribution in [0.4, 0.5) is 0 Å². The molecule has 126 valence electrons. The standard InChI is InChI=1S/C16H23N3O4/c1-10-17-15(19-23-10)16(7-3-2-4-8-16)18-13(20)11-5-6-12(9-11)14(21)22/h11-12H,2-9H2,1H3,(H,18,20)(H,21,22)/t11-,12+/m1/s1. The molecule has 1 amide bonds. The van der Waals surface area contributed by atoms with Crippen LogP contribution in [0, 0.1) is 18.8 Å². The molecule has 2 saturated carbocycles. The Labute approximate surface area is 134 Å². The van der Waals surface area contributed by atoms with Crippen molar-refractivity contribution in [2.24, 2.45) is 11.8 Å². The lowest BCUT2D eigenvalue weighted by atomic mass is 9.80. The van der Waals surface area contributed by atoms with Gasteiger partial charge in [0.2, 0.25) is 11.8 Å². The first kappa shape index (κ1) is 16.0. The van der Waals surface area contributed by atoms with Gasteiger partial charge in [0.1, 0.15) is 5.54 Å². The molecule has 2 atom stereocenters. The van der Waals surface area contributed by atoms with E-state index in [1.165, 1.54) is 0 Å². The van der Waals surface area contributed by atoms with Gasteiger partial charge in [0.05, 0.1) is 5.92 Å². The van der Waals surface area contributed by atoms with Gasteiger partial charge in [0.15, 0.2) is 5.82 Å². The van der Waals surface area contributed by atoms with Crippen LogP contribution in [-0.2, 0) is 15.1 Å². The molecule has 0 spiro atoms. The predicted molar refractivity (Wildman–Crippen MR) is 80.4 cm³/mol. The molecule has 2 aliphatic carbocycles. The smallest absolute Gasteiger partial charge is 0.306 e. The van der Waals surface area contributed by atoms with Gasteiger partial charge < -0.3 is 14.9 Å². The normalized spacial score (nSPS) is 26.8. The highest BCUT2D eigenvalue weighted by Gasteiger charge is 2.42. The zero-order valence-electron chi connectivity index (χ0n) is 13.4. The molecule has 2 fully saturated rings. The SMILES string of the molecule is Cc1nc(C2(NC(=O)[C@@H]3CC[C@H](C(=O)O)C3)CCCCC2)no1. The number of hydrogen-bond acceptors (Lipinski definition) is 5. The number of amides is 1. The first-order valence-electron chi connectivity index (χ1n) is 8.36. The van der Waals surface area contributed by atoms with Crippen molar-refractivity contribution in [3.8, 4) is 0 Å². The van der Waals surface area contributed by atoms with Gasteiger partial charge in [0.25, 0.3) is 0 Å². The quantitative estimate of drug-likeness (QED) is 0.880.